The Hall–Kier alpha value is -1.33. The number of rotatable bonds is 2. The van der Waals surface area contributed by atoms with Crippen molar-refractivity contribution in [3.05, 3.63) is 35.4 Å². The molecule has 0 saturated heterocycles. The second-order valence-corrected chi connectivity index (χ2v) is 5.70. The number of hydrogen-bond donors (Lipinski definition) is 1. The van der Waals surface area contributed by atoms with E-state index in [9.17, 15) is 5.11 Å². The first-order valence-electron chi connectivity index (χ1n) is 5.48. The maximum Gasteiger partial charge on any atom is 0.0991 e. The standard InChI is InChI=1S/C14H19NO/c1-13(2,3)10-14(4,16)12-7-5-11(9-15)6-8-12/h5-8,16H,10H2,1-4H3/t14-/m1/s1. The van der Waals surface area contributed by atoms with Gasteiger partial charge in [0.2, 0.25) is 0 Å². The zero-order chi connectivity index (χ0) is 12.4. The van der Waals surface area contributed by atoms with Crippen molar-refractivity contribution in [1.82, 2.24) is 0 Å². The molecule has 1 N–H and O–H groups in total. The second kappa shape index (κ2) is 4.27. The van der Waals surface area contributed by atoms with E-state index in [1.807, 2.05) is 19.1 Å². The van der Waals surface area contributed by atoms with Gasteiger partial charge in [-0.25, -0.2) is 0 Å². The van der Waals surface area contributed by atoms with Crippen LogP contribution in [0, 0.1) is 16.7 Å². The molecule has 0 radical (unpaired) electrons. The monoisotopic (exact) mass is 217 g/mol. The van der Waals surface area contributed by atoms with Gasteiger partial charge in [-0.15, -0.1) is 0 Å². The number of hydrogen-bond acceptors (Lipinski definition) is 2. The molecule has 86 valence electrons. The normalized spacial score (nSPS) is 15.2. The van der Waals surface area contributed by atoms with E-state index in [4.69, 9.17) is 5.26 Å². The molecule has 0 aliphatic rings. The summed E-state index contributed by atoms with van der Waals surface area (Å²) in [6, 6.07) is 9.20. The van der Waals surface area contributed by atoms with Crippen molar-refractivity contribution >= 4 is 0 Å². The van der Waals surface area contributed by atoms with Crippen LogP contribution >= 0.6 is 0 Å². The molecule has 16 heavy (non-hydrogen) atoms. The molecule has 0 aliphatic heterocycles. The summed E-state index contributed by atoms with van der Waals surface area (Å²) < 4.78 is 0. The lowest BCUT2D eigenvalue weighted by molar-refractivity contribution is 0.0151. The third kappa shape index (κ3) is 3.36. The summed E-state index contributed by atoms with van der Waals surface area (Å²) in [5, 5.41) is 19.1. The Morgan fingerprint density at radius 2 is 1.62 bits per heavy atom. The summed E-state index contributed by atoms with van der Waals surface area (Å²) in [6.07, 6.45) is 0.686. The minimum Gasteiger partial charge on any atom is -0.385 e. The number of aliphatic hydroxyl groups is 1. The van der Waals surface area contributed by atoms with E-state index in [0.29, 0.717) is 12.0 Å². The van der Waals surface area contributed by atoms with Gasteiger partial charge >= 0.3 is 0 Å². The van der Waals surface area contributed by atoms with E-state index in [1.54, 1.807) is 12.1 Å². The largest absolute Gasteiger partial charge is 0.385 e. The highest BCUT2D eigenvalue weighted by molar-refractivity contribution is 5.33. The maximum absolute atomic E-state index is 10.4. The highest BCUT2D eigenvalue weighted by atomic mass is 16.3. The number of nitriles is 1. The number of benzene rings is 1. The van der Waals surface area contributed by atoms with Crippen LogP contribution in [0.4, 0.5) is 0 Å². The molecular formula is C14H19NO. The highest BCUT2D eigenvalue weighted by Crippen LogP contribution is 2.34. The van der Waals surface area contributed by atoms with Crippen LogP contribution in [0.5, 0.6) is 0 Å². The third-order valence-corrected chi connectivity index (χ3v) is 2.51. The Labute approximate surface area is 97.5 Å². The van der Waals surface area contributed by atoms with E-state index in [2.05, 4.69) is 26.8 Å². The zero-order valence-electron chi connectivity index (χ0n) is 10.4. The van der Waals surface area contributed by atoms with E-state index < -0.39 is 5.60 Å². The van der Waals surface area contributed by atoms with Crippen LogP contribution in [0.1, 0.15) is 45.2 Å². The lowest BCUT2D eigenvalue weighted by atomic mass is 9.79. The minimum absolute atomic E-state index is 0.0669. The maximum atomic E-state index is 10.4. The predicted molar refractivity (Wildman–Crippen MR) is 64.8 cm³/mol. The van der Waals surface area contributed by atoms with Crippen molar-refractivity contribution in [2.75, 3.05) is 0 Å². The lowest BCUT2D eigenvalue weighted by Crippen LogP contribution is -2.27. The molecule has 2 heteroatoms. The summed E-state index contributed by atoms with van der Waals surface area (Å²) >= 11 is 0. The Balaban J connectivity index is 2.94. The van der Waals surface area contributed by atoms with Gasteiger partial charge in [-0.1, -0.05) is 32.9 Å². The molecule has 0 aromatic heterocycles. The van der Waals surface area contributed by atoms with E-state index in [1.165, 1.54) is 0 Å². The van der Waals surface area contributed by atoms with E-state index >= 15 is 0 Å². The van der Waals surface area contributed by atoms with E-state index in [0.717, 1.165) is 5.56 Å². The summed E-state index contributed by atoms with van der Waals surface area (Å²) in [4.78, 5) is 0. The zero-order valence-corrected chi connectivity index (χ0v) is 10.4. The summed E-state index contributed by atoms with van der Waals surface area (Å²) in [5.41, 5.74) is 0.709. The fourth-order valence-electron chi connectivity index (χ4n) is 2.04. The van der Waals surface area contributed by atoms with Gasteiger partial charge in [-0.2, -0.15) is 5.26 Å². The van der Waals surface area contributed by atoms with Gasteiger partial charge in [0.15, 0.2) is 0 Å². The van der Waals surface area contributed by atoms with Gasteiger partial charge in [0.05, 0.1) is 17.2 Å². The average Bonchev–Trinajstić information content (AvgIpc) is 2.14. The first kappa shape index (κ1) is 12.7. The Kier molecular flexibility index (Phi) is 3.40. The minimum atomic E-state index is -0.841. The molecule has 1 aromatic carbocycles. The van der Waals surface area contributed by atoms with Crippen LogP contribution in [-0.4, -0.2) is 5.11 Å². The van der Waals surface area contributed by atoms with Crippen molar-refractivity contribution in [3.8, 4) is 6.07 Å². The first-order valence-corrected chi connectivity index (χ1v) is 5.48. The lowest BCUT2D eigenvalue weighted by Gasteiger charge is -2.31. The molecule has 1 aromatic rings. The Morgan fingerprint density at radius 3 is 2.00 bits per heavy atom. The van der Waals surface area contributed by atoms with Crippen molar-refractivity contribution in [2.45, 2.75) is 39.7 Å². The average molecular weight is 217 g/mol. The van der Waals surface area contributed by atoms with Gasteiger partial charge in [-0.05, 0) is 36.5 Å². The Morgan fingerprint density at radius 1 is 1.12 bits per heavy atom. The predicted octanol–water partition coefficient (Wildman–Crippen LogP) is 3.20. The molecule has 0 saturated carbocycles. The molecule has 0 heterocycles. The summed E-state index contributed by atoms with van der Waals surface area (Å²) in [7, 11) is 0. The van der Waals surface area contributed by atoms with Crippen molar-refractivity contribution in [2.24, 2.45) is 5.41 Å². The van der Waals surface area contributed by atoms with Crippen LogP contribution in [0.3, 0.4) is 0 Å². The molecule has 2 nitrogen and oxygen atoms in total. The molecular weight excluding hydrogens is 198 g/mol. The molecule has 0 spiro atoms. The van der Waals surface area contributed by atoms with Crippen molar-refractivity contribution in [1.29, 1.82) is 5.26 Å². The van der Waals surface area contributed by atoms with Gasteiger partial charge in [-0.3, -0.25) is 0 Å². The molecule has 0 amide bonds. The smallest absolute Gasteiger partial charge is 0.0991 e. The SMILES string of the molecule is CC(C)(C)C[C@@](C)(O)c1ccc(C#N)cc1. The molecule has 0 bridgehead atoms. The fraction of sp³-hybridized carbons (Fsp3) is 0.500. The fourth-order valence-corrected chi connectivity index (χ4v) is 2.04. The molecule has 1 atom stereocenters. The van der Waals surface area contributed by atoms with Gasteiger partial charge in [0.25, 0.3) is 0 Å². The topological polar surface area (TPSA) is 44.0 Å². The molecule has 0 fully saturated rings. The third-order valence-electron chi connectivity index (χ3n) is 2.51. The quantitative estimate of drug-likeness (QED) is 0.826. The molecule has 0 unspecified atom stereocenters. The molecule has 1 rings (SSSR count). The Bertz CT molecular complexity index is 390. The summed E-state index contributed by atoms with van der Waals surface area (Å²) in [5.74, 6) is 0. The van der Waals surface area contributed by atoms with Gasteiger partial charge in [0, 0.05) is 0 Å². The van der Waals surface area contributed by atoms with Crippen LogP contribution in [0.25, 0.3) is 0 Å². The molecule has 0 aliphatic carbocycles. The highest BCUT2D eigenvalue weighted by Gasteiger charge is 2.29. The first-order chi connectivity index (χ1) is 7.24. The van der Waals surface area contributed by atoms with Gasteiger partial charge < -0.3 is 5.11 Å². The van der Waals surface area contributed by atoms with E-state index in [-0.39, 0.29) is 5.41 Å². The summed E-state index contributed by atoms with van der Waals surface area (Å²) in [6.45, 7) is 8.13. The van der Waals surface area contributed by atoms with Crippen LogP contribution < -0.4 is 0 Å². The van der Waals surface area contributed by atoms with Crippen LogP contribution in [-0.2, 0) is 5.60 Å². The van der Waals surface area contributed by atoms with Crippen molar-refractivity contribution < 1.29 is 5.11 Å². The second-order valence-electron chi connectivity index (χ2n) is 5.70. The van der Waals surface area contributed by atoms with Gasteiger partial charge in [0.1, 0.15) is 0 Å². The number of nitrogens with zero attached hydrogens (tertiary/aromatic N) is 1. The van der Waals surface area contributed by atoms with Crippen LogP contribution in [0.2, 0.25) is 0 Å². The van der Waals surface area contributed by atoms with Crippen LogP contribution in [0.15, 0.2) is 24.3 Å². The van der Waals surface area contributed by atoms with Crippen molar-refractivity contribution in [3.63, 3.8) is 0 Å².